The third-order valence-corrected chi connectivity index (χ3v) is 4.41. The molecule has 0 aliphatic rings. The molecule has 1 N–H and O–H groups in total. The summed E-state index contributed by atoms with van der Waals surface area (Å²) < 4.78 is 6.19. The Morgan fingerprint density at radius 1 is 1.42 bits per heavy atom. The van der Waals surface area contributed by atoms with Crippen LogP contribution in [0.1, 0.15) is 15.6 Å². The van der Waals surface area contributed by atoms with E-state index >= 15 is 0 Å². The van der Waals surface area contributed by atoms with Gasteiger partial charge in [-0.1, -0.05) is 0 Å². The highest BCUT2D eigenvalue weighted by Gasteiger charge is 2.12. The number of aryl methyl sites for hydroxylation is 1. The summed E-state index contributed by atoms with van der Waals surface area (Å²) in [5, 5.41) is 4.71. The van der Waals surface area contributed by atoms with E-state index in [4.69, 9.17) is 4.42 Å². The summed E-state index contributed by atoms with van der Waals surface area (Å²) in [5.74, 6) is 0.473. The Labute approximate surface area is 121 Å². The number of carbonyl (C=O) groups excluding carboxylic acids is 1. The summed E-state index contributed by atoms with van der Waals surface area (Å²) in [6.45, 7) is 1.79. The van der Waals surface area contributed by atoms with E-state index in [1.54, 1.807) is 25.1 Å². The predicted molar refractivity (Wildman–Crippen MR) is 78.7 cm³/mol. The van der Waals surface area contributed by atoms with Gasteiger partial charge in [0.1, 0.15) is 10.4 Å². The summed E-state index contributed by atoms with van der Waals surface area (Å²) in [5.41, 5.74) is 2.15. The minimum atomic E-state index is -0.138. The average molecular weight is 337 g/mol. The van der Waals surface area contributed by atoms with Crippen LogP contribution >= 0.6 is 27.3 Å². The molecule has 96 valence electrons. The molecule has 6 heteroatoms. The first kappa shape index (κ1) is 12.4. The standard InChI is InChI=1S/C13H9BrN2O2S/c1-7-15-10-6-8(2-3-11(10)18-7)16-13(17)12-9(14)4-5-19-12/h2-6H,1H3,(H,16,17). The van der Waals surface area contributed by atoms with Gasteiger partial charge in [0, 0.05) is 17.1 Å². The van der Waals surface area contributed by atoms with E-state index in [9.17, 15) is 4.79 Å². The van der Waals surface area contributed by atoms with Crippen molar-refractivity contribution in [1.29, 1.82) is 0 Å². The van der Waals surface area contributed by atoms with Crippen LogP contribution in [0.25, 0.3) is 11.1 Å². The third kappa shape index (κ3) is 2.41. The first-order chi connectivity index (χ1) is 9.13. The molecule has 19 heavy (non-hydrogen) atoms. The number of carbonyl (C=O) groups is 1. The van der Waals surface area contributed by atoms with E-state index in [1.807, 2.05) is 11.4 Å². The number of halogens is 1. The smallest absolute Gasteiger partial charge is 0.266 e. The largest absolute Gasteiger partial charge is 0.441 e. The summed E-state index contributed by atoms with van der Waals surface area (Å²) in [7, 11) is 0. The number of thiophene rings is 1. The van der Waals surface area contributed by atoms with E-state index in [0.29, 0.717) is 22.0 Å². The Morgan fingerprint density at radius 2 is 2.26 bits per heavy atom. The first-order valence-electron chi connectivity index (χ1n) is 5.55. The molecule has 3 rings (SSSR count). The highest BCUT2D eigenvalue weighted by atomic mass is 79.9. The zero-order valence-electron chi connectivity index (χ0n) is 9.94. The quantitative estimate of drug-likeness (QED) is 0.762. The molecule has 0 atom stereocenters. The van der Waals surface area contributed by atoms with E-state index in [2.05, 4.69) is 26.2 Å². The predicted octanol–water partition coefficient (Wildman–Crippen LogP) is 4.21. The second kappa shape index (κ2) is 4.79. The number of benzene rings is 1. The van der Waals surface area contributed by atoms with Gasteiger partial charge in [-0.2, -0.15) is 0 Å². The summed E-state index contributed by atoms with van der Waals surface area (Å²) in [6.07, 6.45) is 0. The number of amides is 1. The van der Waals surface area contributed by atoms with Crippen LogP contribution in [0, 0.1) is 6.92 Å². The van der Waals surface area contributed by atoms with Gasteiger partial charge in [-0.25, -0.2) is 4.98 Å². The highest BCUT2D eigenvalue weighted by Crippen LogP contribution is 2.25. The van der Waals surface area contributed by atoms with Crippen molar-refractivity contribution in [3.63, 3.8) is 0 Å². The number of hydrogen-bond acceptors (Lipinski definition) is 4. The average Bonchev–Trinajstić information content (AvgIpc) is 2.93. The Kier molecular flexibility index (Phi) is 3.12. The Hall–Kier alpha value is -1.66. The van der Waals surface area contributed by atoms with Crippen LogP contribution in [0.2, 0.25) is 0 Å². The monoisotopic (exact) mass is 336 g/mol. The van der Waals surface area contributed by atoms with Gasteiger partial charge >= 0.3 is 0 Å². The third-order valence-electron chi connectivity index (χ3n) is 2.58. The molecule has 1 aromatic carbocycles. The van der Waals surface area contributed by atoms with Gasteiger partial charge in [-0.05, 0) is 45.6 Å². The SMILES string of the molecule is Cc1nc2cc(NC(=O)c3sccc3Br)ccc2o1. The van der Waals surface area contributed by atoms with Crippen molar-refractivity contribution in [2.45, 2.75) is 6.92 Å². The first-order valence-corrected chi connectivity index (χ1v) is 7.22. The highest BCUT2D eigenvalue weighted by molar-refractivity contribution is 9.10. The summed E-state index contributed by atoms with van der Waals surface area (Å²) >= 11 is 4.74. The fourth-order valence-corrected chi connectivity index (χ4v) is 3.21. The molecule has 4 nitrogen and oxygen atoms in total. The molecule has 0 saturated carbocycles. The van der Waals surface area contributed by atoms with Crippen molar-refractivity contribution in [3.8, 4) is 0 Å². The fraction of sp³-hybridized carbons (Fsp3) is 0.0769. The van der Waals surface area contributed by atoms with Gasteiger partial charge in [0.25, 0.3) is 5.91 Å². The van der Waals surface area contributed by atoms with Crippen molar-refractivity contribution in [2.24, 2.45) is 0 Å². The van der Waals surface area contributed by atoms with E-state index in [0.717, 1.165) is 9.99 Å². The Bertz CT molecular complexity index is 763. The lowest BCUT2D eigenvalue weighted by atomic mass is 10.3. The second-order valence-electron chi connectivity index (χ2n) is 3.97. The zero-order chi connectivity index (χ0) is 13.4. The molecule has 0 aliphatic heterocycles. The molecule has 3 aromatic rings. The van der Waals surface area contributed by atoms with Crippen LogP contribution in [0.15, 0.2) is 38.5 Å². The Balaban J connectivity index is 1.89. The maximum Gasteiger partial charge on any atom is 0.266 e. The number of aromatic nitrogens is 1. The molecule has 2 heterocycles. The van der Waals surface area contributed by atoms with E-state index < -0.39 is 0 Å². The van der Waals surface area contributed by atoms with E-state index in [1.165, 1.54) is 11.3 Å². The van der Waals surface area contributed by atoms with Gasteiger partial charge in [0.15, 0.2) is 11.5 Å². The molecular weight excluding hydrogens is 328 g/mol. The van der Waals surface area contributed by atoms with Crippen molar-refractivity contribution < 1.29 is 9.21 Å². The van der Waals surface area contributed by atoms with Gasteiger partial charge in [-0.3, -0.25) is 4.79 Å². The van der Waals surface area contributed by atoms with Crippen molar-refractivity contribution in [3.05, 3.63) is 44.9 Å². The number of hydrogen-bond donors (Lipinski definition) is 1. The van der Waals surface area contributed by atoms with Crippen LogP contribution < -0.4 is 5.32 Å². The maximum absolute atomic E-state index is 12.1. The molecule has 0 saturated heterocycles. The topological polar surface area (TPSA) is 55.1 Å². The molecule has 0 unspecified atom stereocenters. The number of rotatable bonds is 2. The van der Waals surface area contributed by atoms with Gasteiger partial charge in [0.2, 0.25) is 0 Å². The molecule has 2 aromatic heterocycles. The second-order valence-corrected chi connectivity index (χ2v) is 5.74. The van der Waals surface area contributed by atoms with Crippen molar-refractivity contribution >= 4 is 50.0 Å². The molecule has 0 aliphatic carbocycles. The molecular formula is C13H9BrN2O2S. The van der Waals surface area contributed by atoms with Crippen LogP contribution in [-0.2, 0) is 0 Å². The molecule has 0 spiro atoms. The lowest BCUT2D eigenvalue weighted by Crippen LogP contribution is -2.10. The number of anilines is 1. The number of nitrogens with zero attached hydrogens (tertiary/aromatic N) is 1. The van der Waals surface area contributed by atoms with Crippen LogP contribution in [0.4, 0.5) is 5.69 Å². The molecule has 1 amide bonds. The van der Waals surface area contributed by atoms with Gasteiger partial charge in [0.05, 0.1) is 0 Å². The number of oxazole rings is 1. The van der Waals surface area contributed by atoms with Crippen molar-refractivity contribution in [2.75, 3.05) is 5.32 Å². The summed E-state index contributed by atoms with van der Waals surface area (Å²) in [4.78, 5) is 16.9. The Morgan fingerprint density at radius 3 is 3.00 bits per heavy atom. The molecule has 0 fully saturated rings. The van der Waals surface area contributed by atoms with Crippen molar-refractivity contribution in [1.82, 2.24) is 4.98 Å². The minimum Gasteiger partial charge on any atom is -0.441 e. The zero-order valence-corrected chi connectivity index (χ0v) is 12.3. The number of nitrogens with one attached hydrogen (secondary N) is 1. The lowest BCUT2D eigenvalue weighted by molar-refractivity contribution is 0.103. The van der Waals surface area contributed by atoms with Crippen LogP contribution in [-0.4, -0.2) is 10.9 Å². The van der Waals surface area contributed by atoms with Crippen LogP contribution in [0.5, 0.6) is 0 Å². The van der Waals surface area contributed by atoms with Gasteiger partial charge < -0.3 is 9.73 Å². The molecule has 0 radical (unpaired) electrons. The minimum absolute atomic E-state index is 0.138. The van der Waals surface area contributed by atoms with E-state index in [-0.39, 0.29) is 5.91 Å². The normalized spacial score (nSPS) is 10.8. The molecule has 0 bridgehead atoms. The summed E-state index contributed by atoms with van der Waals surface area (Å²) in [6, 6.07) is 7.25. The number of fused-ring (bicyclic) bond motifs is 1. The van der Waals surface area contributed by atoms with Crippen LogP contribution in [0.3, 0.4) is 0 Å². The fourth-order valence-electron chi connectivity index (χ4n) is 1.76. The maximum atomic E-state index is 12.1. The van der Waals surface area contributed by atoms with Gasteiger partial charge in [-0.15, -0.1) is 11.3 Å². The lowest BCUT2D eigenvalue weighted by Gasteiger charge is -2.03.